The van der Waals surface area contributed by atoms with E-state index in [2.05, 4.69) is 31.0 Å². The number of aromatic nitrogens is 2. The van der Waals surface area contributed by atoms with Crippen molar-refractivity contribution in [3.63, 3.8) is 0 Å². The lowest BCUT2D eigenvalue weighted by Gasteiger charge is -1.99. The Bertz CT molecular complexity index is 402. The van der Waals surface area contributed by atoms with Gasteiger partial charge >= 0.3 is 0 Å². The monoisotopic (exact) mass is 230 g/mol. The zero-order chi connectivity index (χ0) is 12.5. The minimum absolute atomic E-state index is 1.01. The molecule has 2 rings (SSSR count). The highest BCUT2D eigenvalue weighted by molar-refractivity contribution is 5.54. The van der Waals surface area contributed by atoms with Gasteiger partial charge in [0.1, 0.15) is 5.82 Å². The lowest BCUT2D eigenvalue weighted by molar-refractivity contribution is 0.772. The maximum Gasteiger partial charge on any atom is 0.139 e. The Labute approximate surface area is 104 Å². The largest absolute Gasteiger partial charge is 0.334 e. The van der Waals surface area contributed by atoms with Gasteiger partial charge in [-0.1, -0.05) is 63.4 Å². The van der Waals surface area contributed by atoms with Crippen molar-refractivity contribution in [3.8, 4) is 11.4 Å². The summed E-state index contributed by atoms with van der Waals surface area (Å²) >= 11 is 0. The Balaban J connectivity index is 0.000000249. The van der Waals surface area contributed by atoms with Gasteiger partial charge in [-0.05, 0) is 0 Å². The van der Waals surface area contributed by atoms with Crippen LogP contribution in [0.25, 0.3) is 11.4 Å². The Morgan fingerprint density at radius 1 is 1.06 bits per heavy atom. The van der Waals surface area contributed by atoms with Gasteiger partial charge in [0, 0.05) is 25.0 Å². The minimum Gasteiger partial charge on any atom is -0.334 e. The van der Waals surface area contributed by atoms with E-state index in [1.165, 1.54) is 19.3 Å². The summed E-state index contributed by atoms with van der Waals surface area (Å²) in [6.07, 6.45) is 7.83. The average Bonchev–Trinajstić information content (AvgIpc) is 2.78. The highest BCUT2D eigenvalue weighted by Gasteiger charge is 1.99. The number of hydrogen-bond acceptors (Lipinski definition) is 1. The van der Waals surface area contributed by atoms with Crippen molar-refractivity contribution in [1.29, 1.82) is 0 Å². The molecule has 0 amide bonds. The summed E-state index contributed by atoms with van der Waals surface area (Å²) in [5.74, 6) is 1.01. The predicted octanol–water partition coefficient (Wildman–Crippen LogP) is 4.28. The summed E-state index contributed by atoms with van der Waals surface area (Å²) in [7, 11) is 2.00. The Morgan fingerprint density at radius 3 is 2.12 bits per heavy atom. The molecule has 0 aliphatic rings. The quantitative estimate of drug-likeness (QED) is 0.769. The van der Waals surface area contributed by atoms with Crippen LogP contribution in [0.3, 0.4) is 0 Å². The third-order valence-electron chi connectivity index (χ3n) is 2.56. The van der Waals surface area contributed by atoms with Crippen LogP contribution in [0.1, 0.15) is 33.1 Å². The number of unbranched alkanes of at least 4 members (excludes halogenated alkanes) is 2. The number of imidazole rings is 1. The van der Waals surface area contributed by atoms with Gasteiger partial charge in [-0.25, -0.2) is 4.98 Å². The fourth-order valence-electron chi connectivity index (χ4n) is 1.58. The molecule has 1 aromatic carbocycles. The molecule has 0 N–H and O–H groups in total. The van der Waals surface area contributed by atoms with Crippen LogP contribution in [0, 0.1) is 0 Å². The molecular weight excluding hydrogens is 208 g/mol. The summed E-state index contributed by atoms with van der Waals surface area (Å²) in [5, 5.41) is 0. The maximum absolute atomic E-state index is 4.25. The number of aryl methyl sites for hydroxylation is 1. The molecule has 92 valence electrons. The summed E-state index contributed by atoms with van der Waals surface area (Å²) in [6, 6.07) is 10.2. The first-order chi connectivity index (χ1) is 8.29. The molecule has 0 atom stereocenters. The zero-order valence-corrected chi connectivity index (χ0v) is 11.1. The zero-order valence-electron chi connectivity index (χ0n) is 11.1. The van der Waals surface area contributed by atoms with Gasteiger partial charge in [-0.3, -0.25) is 0 Å². The number of rotatable bonds is 3. The second kappa shape index (κ2) is 7.66. The second-order valence-electron chi connectivity index (χ2n) is 4.08. The fraction of sp³-hybridized carbons (Fsp3) is 0.400. The van der Waals surface area contributed by atoms with E-state index >= 15 is 0 Å². The normalized spacial score (nSPS) is 9.59. The van der Waals surface area contributed by atoms with Crippen LogP contribution in [0.2, 0.25) is 0 Å². The third-order valence-corrected chi connectivity index (χ3v) is 2.56. The van der Waals surface area contributed by atoms with Crippen molar-refractivity contribution in [2.75, 3.05) is 0 Å². The molecule has 0 saturated carbocycles. The SMILES string of the molecule is CCCCC.Cn1ccnc1-c1ccccc1. The molecule has 0 bridgehead atoms. The standard InChI is InChI=1S/C10H10N2.C5H12/c1-12-8-7-11-10(12)9-5-3-2-4-6-9;1-3-5-4-2/h2-8H,1H3;3-5H2,1-2H3. The number of benzene rings is 1. The summed E-state index contributed by atoms with van der Waals surface area (Å²) < 4.78 is 2.01. The lowest BCUT2D eigenvalue weighted by Crippen LogP contribution is -1.89. The number of hydrogen-bond donors (Lipinski definition) is 0. The van der Waals surface area contributed by atoms with Crippen LogP contribution in [-0.4, -0.2) is 9.55 Å². The van der Waals surface area contributed by atoms with Gasteiger partial charge in [0.25, 0.3) is 0 Å². The molecular formula is C15H22N2. The van der Waals surface area contributed by atoms with Crippen molar-refractivity contribution in [1.82, 2.24) is 9.55 Å². The van der Waals surface area contributed by atoms with E-state index in [9.17, 15) is 0 Å². The van der Waals surface area contributed by atoms with Gasteiger partial charge in [-0.2, -0.15) is 0 Å². The summed E-state index contributed by atoms with van der Waals surface area (Å²) in [6.45, 7) is 4.42. The smallest absolute Gasteiger partial charge is 0.139 e. The average molecular weight is 230 g/mol. The highest BCUT2D eigenvalue weighted by Crippen LogP contribution is 2.14. The van der Waals surface area contributed by atoms with Crippen LogP contribution in [0.4, 0.5) is 0 Å². The maximum atomic E-state index is 4.25. The molecule has 0 aliphatic carbocycles. The minimum atomic E-state index is 1.01. The molecule has 17 heavy (non-hydrogen) atoms. The van der Waals surface area contributed by atoms with Gasteiger partial charge in [-0.15, -0.1) is 0 Å². The van der Waals surface area contributed by atoms with Gasteiger partial charge in [0.15, 0.2) is 0 Å². The molecule has 0 radical (unpaired) electrons. The summed E-state index contributed by atoms with van der Waals surface area (Å²) in [4.78, 5) is 4.25. The predicted molar refractivity (Wildman–Crippen MR) is 73.8 cm³/mol. The van der Waals surface area contributed by atoms with Crippen LogP contribution >= 0.6 is 0 Å². The van der Waals surface area contributed by atoms with Crippen molar-refractivity contribution >= 4 is 0 Å². The Morgan fingerprint density at radius 2 is 1.71 bits per heavy atom. The van der Waals surface area contributed by atoms with Crippen LogP contribution < -0.4 is 0 Å². The molecule has 0 spiro atoms. The molecule has 2 nitrogen and oxygen atoms in total. The van der Waals surface area contributed by atoms with E-state index in [0.717, 1.165) is 11.4 Å². The lowest BCUT2D eigenvalue weighted by atomic mass is 10.2. The molecule has 0 saturated heterocycles. The first kappa shape index (κ1) is 13.5. The van der Waals surface area contributed by atoms with Crippen LogP contribution in [-0.2, 0) is 7.05 Å². The second-order valence-corrected chi connectivity index (χ2v) is 4.08. The van der Waals surface area contributed by atoms with E-state index < -0.39 is 0 Å². The van der Waals surface area contributed by atoms with E-state index in [1.807, 2.05) is 42.2 Å². The van der Waals surface area contributed by atoms with Crippen molar-refractivity contribution in [2.24, 2.45) is 7.05 Å². The molecule has 2 heteroatoms. The van der Waals surface area contributed by atoms with E-state index in [-0.39, 0.29) is 0 Å². The fourth-order valence-corrected chi connectivity index (χ4v) is 1.58. The van der Waals surface area contributed by atoms with E-state index in [1.54, 1.807) is 0 Å². The Hall–Kier alpha value is -1.57. The topological polar surface area (TPSA) is 17.8 Å². The van der Waals surface area contributed by atoms with Crippen molar-refractivity contribution in [3.05, 3.63) is 42.7 Å². The molecule has 1 aromatic heterocycles. The van der Waals surface area contributed by atoms with Crippen molar-refractivity contribution in [2.45, 2.75) is 33.1 Å². The molecule has 1 heterocycles. The van der Waals surface area contributed by atoms with Gasteiger partial charge < -0.3 is 4.57 Å². The molecule has 2 aromatic rings. The third kappa shape index (κ3) is 4.43. The first-order valence-corrected chi connectivity index (χ1v) is 6.32. The van der Waals surface area contributed by atoms with E-state index in [0.29, 0.717) is 0 Å². The first-order valence-electron chi connectivity index (χ1n) is 6.32. The summed E-state index contributed by atoms with van der Waals surface area (Å²) in [5.41, 5.74) is 1.16. The highest BCUT2D eigenvalue weighted by atomic mass is 15.0. The molecule has 0 aliphatic heterocycles. The van der Waals surface area contributed by atoms with Gasteiger partial charge in [0.2, 0.25) is 0 Å². The van der Waals surface area contributed by atoms with Crippen molar-refractivity contribution < 1.29 is 0 Å². The van der Waals surface area contributed by atoms with E-state index in [4.69, 9.17) is 0 Å². The van der Waals surface area contributed by atoms with Crippen LogP contribution in [0.15, 0.2) is 42.7 Å². The Kier molecular flexibility index (Phi) is 6.08. The van der Waals surface area contributed by atoms with Gasteiger partial charge in [0.05, 0.1) is 0 Å². The van der Waals surface area contributed by atoms with Crippen LogP contribution in [0.5, 0.6) is 0 Å². The molecule has 0 fully saturated rings. The number of nitrogens with zero attached hydrogens (tertiary/aromatic N) is 2. The molecule has 0 unspecified atom stereocenters.